The second-order valence-corrected chi connectivity index (χ2v) is 4.59. The van der Waals surface area contributed by atoms with Crippen molar-refractivity contribution < 1.29 is 40.6 Å². The van der Waals surface area contributed by atoms with E-state index in [1.807, 2.05) is 0 Å². The van der Waals surface area contributed by atoms with E-state index in [-0.39, 0.29) is 3.70 Å². The summed E-state index contributed by atoms with van der Waals surface area (Å²) in [5, 5.41) is 0. The number of methoxy groups -OCH3 is 1. The first-order valence-corrected chi connectivity index (χ1v) is 6.10. The molecular formula is C10H6F6INO3. The van der Waals surface area contributed by atoms with Crippen LogP contribution < -0.4 is 4.74 Å². The number of nitrogens with zero attached hydrogens (tertiary/aromatic N) is 1. The molecule has 1 aromatic heterocycles. The summed E-state index contributed by atoms with van der Waals surface area (Å²) in [5.41, 5.74) is -2.44. The maximum atomic E-state index is 13.0. The highest BCUT2D eigenvalue weighted by Gasteiger charge is 2.42. The van der Waals surface area contributed by atoms with Crippen molar-refractivity contribution in [2.45, 2.75) is 19.0 Å². The van der Waals surface area contributed by atoms with Gasteiger partial charge in [-0.25, -0.2) is 4.98 Å². The number of halogens is 7. The number of rotatable bonds is 3. The Balaban J connectivity index is 3.46. The number of esters is 1. The van der Waals surface area contributed by atoms with Gasteiger partial charge in [0, 0.05) is 5.56 Å². The van der Waals surface area contributed by atoms with Crippen LogP contribution in [0.4, 0.5) is 26.3 Å². The maximum Gasteiger partial charge on any atom is 0.573 e. The average Bonchev–Trinajstić information content (AvgIpc) is 2.29. The van der Waals surface area contributed by atoms with Gasteiger partial charge in [-0.3, -0.25) is 4.79 Å². The standard InChI is InChI=1S/C10H6F6INO3/c1-20-6(19)2-4-7(9(11,12)13)5(3-18-8(4)17)21-10(14,15)16/h3H,2H2,1H3. The number of hydrogen-bond acceptors (Lipinski definition) is 4. The van der Waals surface area contributed by atoms with Crippen LogP contribution in [0.2, 0.25) is 0 Å². The van der Waals surface area contributed by atoms with Crippen LogP contribution in [0.5, 0.6) is 5.75 Å². The fraction of sp³-hybridized carbons (Fsp3) is 0.400. The summed E-state index contributed by atoms with van der Waals surface area (Å²) < 4.78 is 82.7. The molecule has 0 atom stereocenters. The molecule has 1 heterocycles. The van der Waals surface area contributed by atoms with Crippen molar-refractivity contribution in [1.29, 1.82) is 0 Å². The van der Waals surface area contributed by atoms with E-state index in [0.29, 0.717) is 6.20 Å². The Morgan fingerprint density at radius 2 is 1.86 bits per heavy atom. The maximum absolute atomic E-state index is 13.0. The molecule has 0 aliphatic carbocycles. The summed E-state index contributed by atoms with van der Waals surface area (Å²) in [6.45, 7) is 0. The molecule has 0 aliphatic rings. The molecule has 0 unspecified atom stereocenters. The van der Waals surface area contributed by atoms with Gasteiger partial charge >= 0.3 is 18.5 Å². The van der Waals surface area contributed by atoms with E-state index in [9.17, 15) is 31.1 Å². The lowest BCUT2D eigenvalue weighted by molar-refractivity contribution is -0.276. The first-order chi connectivity index (χ1) is 9.45. The predicted molar refractivity (Wildman–Crippen MR) is 64.4 cm³/mol. The van der Waals surface area contributed by atoms with Crippen molar-refractivity contribution in [2.24, 2.45) is 0 Å². The highest BCUT2D eigenvalue weighted by Crippen LogP contribution is 2.41. The van der Waals surface area contributed by atoms with Crippen LogP contribution in [0.3, 0.4) is 0 Å². The molecule has 11 heteroatoms. The number of ether oxygens (including phenoxy) is 2. The lowest BCUT2D eigenvalue weighted by Crippen LogP contribution is -2.23. The molecule has 1 rings (SSSR count). The molecule has 0 saturated carbocycles. The molecule has 4 nitrogen and oxygen atoms in total. The summed E-state index contributed by atoms with van der Waals surface area (Å²) in [4.78, 5) is 14.5. The van der Waals surface area contributed by atoms with Gasteiger partial charge in [0.1, 0.15) is 9.26 Å². The average molecular weight is 429 g/mol. The number of carbonyl (C=O) groups is 1. The van der Waals surface area contributed by atoms with Crippen LogP contribution in [0.1, 0.15) is 11.1 Å². The molecule has 0 amide bonds. The third-order valence-corrected chi connectivity index (χ3v) is 3.08. The zero-order valence-electron chi connectivity index (χ0n) is 10.1. The van der Waals surface area contributed by atoms with E-state index < -0.39 is 41.8 Å². The van der Waals surface area contributed by atoms with Crippen LogP contribution in [0, 0.1) is 3.70 Å². The summed E-state index contributed by atoms with van der Waals surface area (Å²) in [6, 6.07) is 0. The highest BCUT2D eigenvalue weighted by atomic mass is 127. The zero-order valence-corrected chi connectivity index (χ0v) is 12.3. The monoisotopic (exact) mass is 429 g/mol. The van der Waals surface area contributed by atoms with Gasteiger partial charge in [-0.2, -0.15) is 13.2 Å². The number of pyridine rings is 1. The van der Waals surface area contributed by atoms with E-state index in [1.54, 1.807) is 0 Å². The molecule has 0 aliphatic heterocycles. The molecule has 0 bridgehead atoms. The Hall–Kier alpha value is -1.27. The van der Waals surface area contributed by atoms with E-state index in [1.165, 1.54) is 22.6 Å². The van der Waals surface area contributed by atoms with Crippen LogP contribution in [0.15, 0.2) is 6.20 Å². The summed E-state index contributed by atoms with van der Waals surface area (Å²) in [5.74, 6) is -2.57. The second-order valence-electron chi connectivity index (χ2n) is 3.57. The van der Waals surface area contributed by atoms with E-state index in [2.05, 4.69) is 14.5 Å². The van der Waals surface area contributed by atoms with Gasteiger partial charge in [-0.15, -0.1) is 13.2 Å². The number of alkyl halides is 6. The lowest BCUT2D eigenvalue weighted by Gasteiger charge is -2.18. The smallest absolute Gasteiger partial charge is 0.469 e. The van der Waals surface area contributed by atoms with Crippen molar-refractivity contribution in [3.63, 3.8) is 0 Å². The van der Waals surface area contributed by atoms with E-state index in [0.717, 1.165) is 7.11 Å². The minimum absolute atomic E-state index is 0.278. The van der Waals surface area contributed by atoms with E-state index in [4.69, 9.17) is 0 Å². The quantitative estimate of drug-likeness (QED) is 0.320. The molecule has 0 radical (unpaired) electrons. The summed E-state index contributed by atoms with van der Waals surface area (Å²) >= 11 is 1.37. The molecule has 0 aromatic carbocycles. The molecule has 118 valence electrons. The molecule has 0 saturated heterocycles. The number of carbonyl (C=O) groups excluding carboxylic acids is 1. The van der Waals surface area contributed by atoms with Gasteiger partial charge in [0.15, 0.2) is 5.75 Å². The summed E-state index contributed by atoms with van der Waals surface area (Å²) in [7, 11) is 0.936. The molecule has 1 aromatic rings. The van der Waals surface area contributed by atoms with Crippen molar-refractivity contribution in [3.05, 3.63) is 21.0 Å². The van der Waals surface area contributed by atoms with Gasteiger partial charge in [-0.1, -0.05) is 0 Å². The van der Waals surface area contributed by atoms with Crippen molar-refractivity contribution in [2.75, 3.05) is 7.11 Å². The Morgan fingerprint density at radius 3 is 2.29 bits per heavy atom. The van der Waals surface area contributed by atoms with Gasteiger partial charge in [0.2, 0.25) is 0 Å². The van der Waals surface area contributed by atoms with Gasteiger partial charge < -0.3 is 9.47 Å². The molecule has 0 fully saturated rings. The number of hydrogen-bond donors (Lipinski definition) is 0. The predicted octanol–water partition coefficient (Wildman–Crippen LogP) is 3.32. The Kier molecular flexibility index (Phi) is 5.28. The second kappa shape index (κ2) is 6.23. The Morgan fingerprint density at radius 1 is 1.29 bits per heavy atom. The minimum atomic E-state index is -5.32. The largest absolute Gasteiger partial charge is 0.573 e. The SMILES string of the molecule is COC(=O)Cc1c(I)ncc(OC(F)(F)F)c1C(F)(F)F. The van der Waals surface area contributed by atoms with Crippen molar-refractivity contribution in [3.8, 4) is 5.75 Å². The van der Waals surface area contributed by atoms with Crippen LogP contribution in [-0.4, -0.2) is 24.4 Å². The first kappa shape index (κ1) is 17.8. The van der Waals surface area contributed by atoms with Gasteiger partial charge in [0.25, 0.3) is 0 Å². The van der Waals surface area contributed by atoms with Crippen LogP contribution in [0.25, 0.3) is 0 Å². The molecule has 21 heavy (non-hydrogen) atoms. The third-order valence-electron chi connectivity index (χ3n) is 2.15. The van der Waals surface area contributed by atoms with E-state index >= 15 is 0 Å². The van der Waals surface area contributed by atoms with Crippen molar-refractivity contribution >= 4 is 28.6 Å². The fourth-order valence-electron chi connectivity index (χ4n) is 1.40. The zero-order chi connectivity index (χ0) is 16.4. The minimum Gasteiger partial charge on any atom is -0.469 e. The normalized spacial score (nSPS) is 12.2. The Bertz CT molecular complexity index is 543. The highest BCUT2D eigenvalue weighted by molar-refractivity contribution is 14.1. The van der Waals surface area contributed by atoms with Crippen LogP contribution >= 0.6 is 22.6 Å². The van der Waals surface area contributed by atoms with Crippen molar-refractivity contribution in [1.82, 2.24) is 4.98 Å². The lowest BCUT2D eigenvalue weighted by atomic mass is 10.1. The number of aromatic nitrogens is 1. The van der Waals surface area contributed by atoms with Gasteiger partial charge in [0.05, 0.1) is 19.7 Å². The summed E-state index contributed by atoms with van der Waals surface area (Å²) in [6.07, 6.45) is -11.1. The first-order valence-electron chi connectivity index (χ1n) is 5.03. The molecule has 0 spiro atoms. The Labute approximate surface area is 127 Å². The van der Waals surface area contributed by atoms with Crippen LogP contribution in [-0.2, 0) is 22.1 Å². The molecular weight excluding hydrogens is 423 g/mol. The molecule has 0 N–H and O–H groups in total. The fourth-order valence-corrected chi connectivity index (χ4v) is 2.00. The van der Waals surface area contributed by atoms with Gasteiger partial charge in [-0.05, 0) is 22.6 Å². The topological polar surface area (TPSA) is 48.4 Å². The third kappa shape index (κ3) is 4.89.